The predicted octanol–water partition coefficient (Wildman–Crippen LogP) is 4.46. The zero-order valence-electron chi connectivity index (χ0n) is 18.5. The molecule has 1 unspecified atom stereocenters. The molecule has 0 fully saturated rings. The van der Waals surface area contributed by atoms with Crippen LogP contribution in [0.2, 0.25) is 0 Å². The van der Waals surface area contributed by atoms with Gasteiger partial charge in [-0.05, 0) is 57.0 Å². The number of anilines is 2. The fraction of sp³-hybridized carbons (Fsp3) is 0.292. The Morgan fingerprint density at radius 3 is 2.65 bits per heavy atom. The van der Waals surface area contributed by atoms with Crippen LogP contribution in [0.15, 0.2) is 53.5 Å². The second kappa shape index (κ2) is 9.47. The van der Waals surface area contributed by atoms with Gasteiger partial charge in [-0.25, -0.2) is 4.68 Å². The molecule has 0 radical (unpaired) electrons. The van der Waals surface area contributed by atoms with Crippen LogP contribution < -0.4 is 20.9 Å². The van der Waals surface area contributed by atoms with Crippen LogP contribution in [0.25, 0.3) is 0 Å². The first-order valence-corrected chi connectivity index (χ1v) is 10.3. The molecule has 0 aliphatic heterocycles. The summed E-state index contributed by atoms with van der Waals surface area (Å²) in [5, 5.41) is 10.1. The Kier molecular flexibility index (Phi) is 6.74. The van der Waals surface area contributed by atoms with Gasteiger partial charge in [0.2, 0.25) is 0 Å². The van der Waals surface area contributed by atoms with Gasteiger partial charge in [0, 0.05) is 24.3 Å². The summed E-state index contributed by atoms with van der Waals surface area (Å²) in [5.74, 6) is 0.794. The number of amides is 1. The first kappa shape index (κ1) is 22.1. The number of hydrogen-bond acceptors (Lipinski definition) is 5. The molecule has 31 heavy (non-hydrogen) atoms. The summed E-state index contributed by atoms with van der Waals surface area (Å²) >= 11 is 0. The van der Waals surface area contributed by atoms with Gasteiger partial charge < -0.3 is 15.4 Å². The number of benzene rings is 2. The molecule has 2 N–H and O–H groups in total. The highest BCUT2D eigenvalue weighted by Crippen LogP contribution is 2.30. The second-order valence-electron chi connectivity index (χ2n) is 7.67. The zero-order valence-corrected chi connectivity index (χ0v) is 18.5. The molecule has 162 valence electrons. The van der Waals surface area contributed by atoms with Crippen LogP contribution >= 0.6 is 0 Å². The van der Waals surface area contributed by atoms with Gasteiger partial charge in [-0.15, -0.1) is 0 Å². The Labute approximate surface area is 182 Å². The van der Waals surface area contributed by atoms with Crippen LogP contribution in [0.5, 0.6) is 11.5 Å². The maximum atomic E-state index is 12.8. The summed E-state index contributed by atoms with van der Waals surface area (Å²) in [7, 11) is 1.57. The molecule has 0 spiro atoms. The summed E-state index contributed by atoms with van der Waals surface area (Å²) in [6, 6.07) is 12.9. The van der Waals surface area contributed by atoms with Crippen molar-refractivity contribution >= 4 is 17.3 Å². The van der Waals surface area contributed by atoms with Crippen molar-refractivity contribution in [2.24, 2.45) is 7.05 Å². The third-order valence-corrected chi connectivity index (χ3v) is 5.04. The van der Waals surface area contributed by atoms with E-state index in [0.717, 1.165) is 17.5 Å². The molecule has 0 aliphatic carbocycles. The van der Waals surface area contributed by atoms with Crippen molar-refractivity contribution in [1.29, 1.82) is 0 Å². The fourth-order valence-electron chi connectivity index (χ4n) is 3.04. The lowest BCUT2D eigenvalue weighted by molar-refractivity contribution is 0.0939. The molecular formula is C24H28N4O3. The molecule has 3 rings (SSSR count). The molecule has 0 saturated heterocycles. The van der Waals surface area contributed by atoms with Gasteiger partial charge in [0.25, 0.3) is 11.5 Å². The SMILES string of the molecule is CCC(C)NC(=O)c1cccc(Nc2c(Oc3ccc(C)cc3C)cnn(C)c2=O)c1. The number of aryl methyl sites for hydroxylation is 3. The summed E-state index contributed by atoms with van der Waals surface area (Å²) in [6.07, 6.45) is 2.35. The smallest absolute Gasteiger partial charge is 0.294 e. The van der Waals surface area contributed by atoms with Gasteiger partial charge >= 0.3 is 0 Å². The van der Waals surface area contributed by atoms with Crippen molar-refractivity contribution in [1.82, 2.24) is 15.1 Å². The van der Waals surface area contributed by atoms with Gasteiger partial charge in [0.1, 0.15) is 5.75 Å². The van der Waals surface area contributed by atoms with Crippen molar-refractivity contribution in [2.45, 2.75) is 40.2 Å². The number of carbonyl (C=O) groups is 1. The third kappa shape index (κ3) is 5.31. The molecule has 1 atom stereocenters. The minimum absolute atomic E-state index is 0.0781. The van der Waals surface area contributed by atoms with Crippen molar-refractivity contribution in [2.75, 3.05) is 5.32 Å². The molecular weight excluding hydrogens is 392 g/mol. The Morgan fingerprint density at radius 2 is 1.94 bits per heavy atom. The van der Waals surface area contributed by atoms with Gasteiger partial charge in [-0.2, -0.15) is 5.10 Å². The zero-order chi connectivity index (χ0) is 22.5. The first-order valence-electron chi connectivity index (χ1n) is 10.3. The van der Waals surface area contributed by atoms with Crippen LogP contribution in [-0.2, 0) is 7.05 Å². The molecule has 0 aliphatic rings. The van der Waals surface area contributed by atoms with E-state index < -0.39 is 0 Å². The number of hydrogen-bond donors (Lipinski definition) is 2. The Hall–Kier alpha value is -3.61. The van der Waals surface area contributed by atoms with E-state index in [0.29, 0.717) is 22.7 Å². The van der Waals surface area contributed by atoms with E-state index in [1.54, 1.807) is 31.3 Å². The average molecular weight is 421 g/mol. The maximum Gasteiger partial charge on any atom is 0.294 e. The number of carbonyl (C=O) groups excluding carboxylic acids is 1. The molecule has 2 aromatic carbocycles. The highest BCUT2D eigenvalue weighted by Gasteiger charge is 2.15. The van der Waals surface area contributed by atoms with Crippen LogP contribution in [0.1, 0.15) is 41.8 Å². The third-order valence-electron chi connectivity index (χ3n) is 5.04. The molecule has 7 nitrogen and oxygen atoms in total. The highest BCUT2D eigenvalue weighted by atomic mass is 16.5. The van der Waals surface area contributed by atoms with Crippen LogP contribution in [0.4, 0.5) is 11.4 Å². The van der Waals surface area contributed by atoms with Crippen LogP contribution in [0, 0.1) is 13.8 Å². The number of nitrogens with zero attached hydrogens (tertiary/aromatic N) is 2. The largest absolute Gasteiger partial charge is 0.453 e. The van der Waals surface area contributed by atoms with Crippen molar-refractivity contribution < 1.29 is 9.53 Å². The number of ether oxygens (including phenoxy) is 1. The van der Waals surface area contributed by atoms with Crippen LogP contribution in [0.3, 0.4) is 0 Å². The van der Waals surface area contributed by atoms with E-state index in [2.05, 4.69) is 15.7 Å². The van der Waals surface area contributed by atoms with Crippen LogP contribution in [-0.4, -0.2) is 21.7 Å². The van der Waals surface area contributed by atoms with Gasteiger partial charge in [-0.1, -0.05) is 30.7 Å². The fourth-order valence-corrected chi connectivity index (χ4v) is 3.04. The molecule has 1 amide bonds. The first-order chi connectivity index (χ1) is 14.8. The van der Waals surface area contributed by atoms with Crippen molar-refractivity contribution in [3.8, 4) is 11.5 Å². The normalized spacial score (nSPS) is 11.6. The molecule has 0 saturated carbocycles. The Morgan fingerprint density at radius 1 is 1.16 bits per heavy atom. The van der Waals surface area contributed by atoms with E-state index >= 15 is 0 Å². The maximum absolute atomic E-state index is 12.8. The number of nitrogens with one attached hydrogen (secondary N) is 2. The summed E-state index contributed by atoms with van der Waals surface area (Å²) in [5.41, 5.74) is 3.10. The molecule has 1 heterocycles. The minimum atomic E-state index is -0.336. The minimum Gasteiger partial charge on any atom is -0.453 e. The molecule has 3 aromatic rings. The van der Waals surface area contributed by atoms with E-state index in [1.165, 1.54) is 10.9 Å². The Bertz CT molecular complexity index is 1150. The van der Waals surface area contributed by atoms with Crippen molar-refractivity contribution in [3.05, 3.63) is 75.7 Å². The highest BCUT2D eigenvalue weighted by molar-refractivity contribution is 5.95. The summed E-state index contributed by atoms with van der Waals surface area (Å²) in [6.45, 7) is 7.92. The summed E-state index contributed by atoms with van der Waals surface area (Å²) < 4.78 is 7.26. The predicted molar refractivity (Wildman–Crippen MR) is 122 cm³/mol. The standard InChI is InChI=1S/C24H28N4O3/c1-6-17(4)26-23(29)18-8-7-9-19(13-18)27-22-21(14-25-28(5)24(22)30)31-20-11-10-15(2)12-16(20)3/h7-14,17,27H,6H2,1-5H3,(H,26,29). The lowest BCUT2D eigenvalue weighted by atomic mass is 10.1. The average Bonchev–Trinajstić information content (AvgIpc) is 2.75. The van der Waals surface area contributed by atoms with Gasteiger partial charge in [0.05, 0.1) is 6.20 Å². The van der Waals surface area contributed by atoms with Gasteiger partial charge in [-0.3, -0.25) is 9.59 Å². The van der Waals surface area contributed by atoms with Crippen molar-refractivity contribution in [3.63, 3.8) is 0 Å². The topological polar surface area (TPSA) is 85.2 Å². The van der Waals surface area contributed by atoms with E-state index in [-0.39, 0.29) is 23.2 Å². The molecule has 7 heteroatoms. The lowest BCUT2D eigenvalue weighted by Crippen LogP contribution is -2.31. The van der Waals surface area contributed by atoms with E-state index in [4.69, 9.17) is 4.74 Å². The quantitative estimate of drug-likeness (QED) is 0.589. The molecule has 1 aromatic heterocycles. The number of rotatable bonds is 7. The van der Waals surface area contributed by atoms with Gasteiger partial charge in [0.15, 0.2) is 11.4 Å². The number of aromatic nitrogens is 2. The molecule has 0 bridgehead atoms. The summed E-state index contributed by atoms with van der Waals surface area (Å²) in [4.78, 5) is 25.3. The van der Waals surface area contributed by atoms with E-state index in [9.17, 15) is 9.59 Å². The Balaban J connectivity index is 1.93. The second-order valence-corrected chi connectivity index (χ2v) is 7.67. The lowest BCUT2D eigenvalue weighted by Gasteiger charge is -2.15. The van der Waals surface area contributed by atoms with E-state index in [1.807, 2.05) is 45.9 Å². The monoisotopic (exact) mass is 420 g/mol.